The van der Waals surface area contributed by atoms with E-state index in [-0.39, 0.29) is 34.4 Å². The van der Waals surface area contributed by atoms with Crippen molar-refractivity contribution >= 4 is 40.3 Å². The molecule has 2 N–H and O–H groups in total. The largest absolute Gasteiger partial charge is 0.343 e. The number of carbonyl (C=O) groups is 2. The van der Waals surface area contributed by atoms with Crippen LogP contribution < -0.4 is 16.2 Å². The Bertz CT molecular complexity index is 1790. The molecular weight excluding hydrogens is 581 g/mol. The number of halogens is 1. The first kappa shape index (κ1) is 29.6. The van der Waals surface area contributed by atoms with Gasteiger partial charge in [-0.3, -0.25) is 19.3 Å². The number of anilines is 3. The molecule has 3 aromatic heterocycles. The molecular formula is C32H34FN7O3S. The molecule has 6 rings (SSSR count). The molecule has 228 valence electrons. The highest BCUT2D eigenvalue weighted by Gasteiger charge is 2.32. The summed E-state index contributed by atoms with van der Waals surface area (Å²) in [5.74, 6) is -0.593. The summed E-state index contributed by atoms with van der Waals surface area (Å²) in [6.45, 7) is 3.15. The lowest BCUT2D eigenvalue weighted by Gasteiger charge is -2.36. The van der Waals surface area contributed by atoms with Crippen LogP contribution in [-0.2, 0) is 24.7 Å². The minimum Gasteiger partial charge on any atom is -0.343 e. The Kier molecular flexibility index (Phi) is 8.04. The lowest BCUT2D eigenvalue weighted by atomic mass is 9.99. The summed E-state index contributed by atoms with van der Waals surface area (Å²) >= 11 is 1.47. The molecule has 0 bridgehead atoms. The SMILES string of the molecule is Cc1ccc(-c2cc(Nc3ccc([C@@H]4C(=O)N(C)CCN4C)cn3)c(=O)n(C)n2)c(F)c1NC(=O)c1cc2c(s1)CCCC2. The molecule has 1 saturated heterocycles. The van der Waals surface area contributed by atoms with Crippen molar-refractivity contribution in [3.8, 4) is 11.3 Å². The highest BCUT2D eigenvalue weighted by Crippen LogP contribution is 2.33. The molecule has 1 aliphatic heterocycles. The van der Waals surface area contributed by atoms with Crippen molar-refractivity contribution in [1.82, 2.24) is 24.6 Å². The maximum absolute atomic E-state index is 16.0. The Morgan fingerprint density at radius 3 is 2.59 bits per heavy atom. The van der Waals surface area contributed by atoms with E-state index in [2.05, 4.69) is 20.7 Å². The fraction of sp³-hybridized carbons (Fsp3) is 0.344. The van der Waals surface area contributed by atoms with Gasteiger partial charge in [0.25, 0.3) is 11.5 Å². The summed E-state index contributed by atoms with van der Waals surface area (Å²) in [5, 5.41) is 10.1. The number of fused-ring (bicyclic) bond motifs is 1. The Morgan fingerprint density at radius 1 is 1.05 bits per heavy atom. The van der Waals surface area contributed by atoms with Gasteiger partial charge in [0, 0.05) is 43.8 Å². The molecule has 1 fully saturated rings. The molecule has 1 atom stereocenters. The fourth-order valence-electron chi connectivity index (χ4n) is 5.75. The Morgan fingerprint density at radius 2 is 1.84 bits per heavy atom. The standard InChI is InChI=1S/C32H34FN7O3S/c1-18-9-11-21(27(33)28(18)36-30(41)25-15-19-7-5-6-8-24(19)44-25)22-16-23(31(42)40(4)37-22)35-26-12-10-20(17-34-26)29-32(43)39(3)14-13-38(29)2/h9-12,15-17,29H,5-8,13-14H2,1-4H3,(H,34,35)(H,36,41)/t29-/m1/s1. The minimum atomic E-state index is -0.634. The normalized spacial score (nSPS) is 17.0. The number of benzene rings is 1. The average Bonchev–Trinajstić information content (AvgIpc) is 3.45. The third-order valence-corrected chi connectivity index (χ3v) is 9.59. The molecule has 0 spiro atoms. The van der Waals surface area contributed by atoms with Crippen molar-refractivity contribution in [2.75, 3.05) is 37.8 Å². The van der Waals surface area contributed by atoms with Crippen LogP contribution >= 0.6 is 11.3 Å². The van der Waals surface area contributed by atoms with Gasteiger partial charge < -0.3 is 15.5 Å². The number of thiophene rings is 1. The zero-order valence-electron chi connectivity index (χ0n) is 25.1. The summed E-state index contributed by atoms with van der Waals surface area (Å²) < 4.78 is 17.1. The average molecular weight is 616 g/mol. The van der Waals surface area contributed by atoms with Crippen LogP contribution in [0.4, 0.5) is 21.6 Å². The Hall–Kier alpha value is -4.42. The van der Waals surface area contributed by atoms with Gasteiger partial charge in [0.05, 0.1) is 16.3 Å². The zero-order valence-corrected chi connectivity index (χ0v) is 25.9. The maximum Gasteiger partial charge on any atom is 0.290 e. The molecule has 0 saturated carbocycles. The van der Waals surface area contributed by atoms with Crippen LogP contribution in [0.5, 0.6) is 0 Å². The second kappa shape index (κ2) is 11.9. The zero-order chi connectivity index (χ0) is 31.1. The van der Waals surface area contributed by atoms with Gasteiger partial charge >= 0.3 is 0 Å². The summed E-state index contributed by atoms with van der Waals surface area (Å²) in [6.07, 6.45) is 5.78. The number of piperazine rings is 1. The third-order valence-electron chi connectivity index (χ3n) is 8.35. The summed E-state index contributed by atoms with van der Waals surface area (Å²) in [7, 11) is 5.17. The Labute approximate surface area is 258 Å². The van der Waals surface area contributed by atoms with Crippen LogP contribution in [0.2, 0.25) is 0 Å². The number of likely N-dealkylation sites (N-methyl/N-ethyl adjacent to an activating group) is 2. The first-order chi connectivity index (χ1) is 21.1. The van der Waals surface area contributed by atoms with Crippen LogP contribution in [0.15, 0.2) is 47.4 Å². The molecule has 12 heteroatoms. The number of rotatable bonds is 6. The number of hydrogen-bond acceptors (Lipinski definition) is 8. The van der Waals surface area contributed by atoms with E-state index in [0.29, 0.717) is 22.8 Å². The summed E-state index contributed by atoms with van der Waals surface area (Å²) in [4.78, 5) is 48.8. The van der Waals surface area contributed by atoms with Gasteiger partial charge in [-0.15, -0.1) is 11.3 Å². The minimum absolute atomic E-state index is 0.000837. The number of hydrogen-bond donors (Lipinski definition) is 2. The van der Waals surface area contributed by atoms with Gasteiger partial charge in [0.15, 0.2) is 5.82 Å². The molecule has 10 nitrogen and oxygen atoms in total. The number of pyridine rings is 1. The number of aryl methyl sites for hydroxylation is 4. The van der Waals surface area contributed by atoms with E-state index in [1.807, 2.05) is 18.0 Å². The second-order valence-corrected chi connectivity index (χ2v) is 12.6. The smallest absolute Gasteiger partial charge is 0.290 e. The van der Waals surface area contributed by atoms with Crippen molar-refractivity contribution in [3.63, 3.8) is 0 Å². The fourth-order valence-corrected chi connectivity index (χ4v) is 6.90. The molecule has 2 amide bonds. The summed E-state index contributed by atoms with van der Waals surface area (Å²) in [6, 6.07) is 9.77. The van der Waals surface area contributed by atoms with E-state index in [1.165, 1.54) is 34.9 Å². The van der Waals surface area contributed by atoms with Gasteiger partial charge in [0.1, 0.15) is 17.5 Å². The van der Waals surface area contributed by atoms with Gasteiger partial charge in [-0.25, -0.2) is 14.1 Å². The number of nitrogens with zero attached hydrogens (tertiary/aromatic N) is 5. The van der Waals surface area contributed by atoms with E-state index in [0.717, 1.165) is 42.5 Å². The molecule has 1 aromatic carbocycles. The predicted octanol–water partition coefficient (Wildman–Crippen LogP) is 4.67. The van der Waals surface area contributed by atoms with Crippen LogP contribution in [0, 0.1) is 12.7 Å². The third kappa shape index (κ3) is 5.62. The Balaban J connectivity index is 1.26. The molecule has 4 aromatic rings. The molecule has 1 aliphatic carbocycles. The highest BCUT2D eigenvalue weighted by molar-refractivity contribution is 7.14. The van der Waals surface area contributed by atoms with E-state index in [4.69, 9.17) is 0 Å². The second-order valence-electron chi connectivity index (χ2n) is 11.5. The molecule has 2 aliphatic rings. The molecule has 0 unspecified atom stereocenters. The van der Waals surface area contributed by atoms with Crippen LogP contribution in [0.3, 0.4) is 0 Å². The summed E-state index contributed by atoms with van der Waals surface area (Å²) in [5.41, 5.74) is 2.68. The molecule has 0 radical (unpaired) electrons. The maximum atomic E-state index is 16.0. The predicted molar refractivity (Wildman–Crippen MR) is 169 cm³/mol. The molecule has 4 heterocycles. The van der Waals surface area contributed by atoms with Crippen molar-refractivity contribution in [2.45, 2.75) is 38.6 Å². The van der Waals surface area contributed by atoms with E-state index in [1.54, 1.807) is 49.3 Å². The first-order valence-corrected chi connectivity index (χ1v) is 15.4. The van der Waals surface area contributed by atoms with E-state index in [9.17, 15) is 14.4 Å². The number of nitrogens with one attached hydrogen (secondary N) is 2. The van der Waals surface area contributed by atoms with Crippen LogP contribution in [0.25, 0.3) is 11.3 Å². The van der Waals surface area contributed by atoms with Crippen molar-refractivity contribution in [2.24, 2.45) is 7.05 Å². The number of carbonyl (C=O) groups excluding carboxylic acids is 2. The monoisotopic (exact) mass is 615 g/mol. The van der Waals surface area contributed by atoms with E-state index >= 15 is 4.39 Å². The molecule has 44 heavy (non-hydrogen) atoms. The first-order valence-electron chi connectivity index (χ1n) is 14.6. The van der Waals surface area contributed by atoms with Gasteiger partial charge in [0.2, 0.25) is 5.91 Å². The van der Waals surface area contributed by atoms with Gasteiger partial charge in [-0.05, 0) is 80.6 Å². The van der Waals surface area contributed by atoms with Crippen molar-refractivity contribution < 1.29 is 14.0 Å². The number of amides is 2. The van der Waals surface area contributed by atoms with E-state index < -0.39 is 17.4 Å². The topological polar surface area (TPSA) is 112 Å². The quantitative estimate of drug-likeness (QED) is 0.324. The van der Waals surface area contributed by atoms with Crippen LogP contribution in [-0.4, -0.2) is 63.6 Å². The lowest BCUT2D eigenvalue weighted by Crippen LogP contribution is -2.49. The van der Waals surface area contributed by atoms with Crippen molar-refractivity contribution in [3.05, 3.63) is 85.2 Å². The number of aromatic nitrogens is 3. The van der Waals surface area contributed by atoms with Gasteiger partial charge in [-0.2, -0.15) is 5.10 Å². The van der Waals surface area contributed by atoms with Crippen molar-refractivity contribution in [1.29, 1.82) is 0 Å². The lowest BCUT2D eigenvalue weighted by molar-refractivity contribution is -0.139. The van der Waals surface area contributed by atoms with Gasteiger partial charge in [-0.1, -0.05) is 12.1 Å². The van der Waals surface area contributed by atoms with Crippen LogP contribution in [0.1, 0.15) is 50.1 Å². The highest BCUT2D eigenvalue weighted by atomic mass is 32.1.